The predicted octanol–water partition coefficient (Wildman–Crippen LogP) is 1.31. The molecule has 0 aliphatic rings. The van der Waals surface area contributed by atoms with Crippen molar-refractivity contribution >= 4 is 17.5 Å². The second-order valence-electron chi connectivity index (χ2n) is 6.37. The summed E-state index contributed by atoms with van der Waals surface area (Å²) in [5.41, 5.74) is 7.39. The highest BCUT2D eigenvalue weighted by molar-refractivity contribution is 6.08. The summed E-state index contributed by atoms with van der Waals surface area (Å²) in [5, 5.41) is 18.5. The highest BCUT2D eigenvalue weighted by Crippen LogP contribution is 2.23. The zero-order chi connectivity index (χ0) is 19.7. The highest BCUT2D eigenvalue weighted by atomic mass is 16.2. The molecular weight excluding hydrogens is 348 g/mol. The number of hydrogen-bond donors (Lipinski definition) is 2. The number of nitrogens with zero attached hydrogens (tertiary/aromatic N) is 6. The van der Waals surface area contributed by atoms with Gasteiger partial charge in [-0.1, -0.05) is 12.1 Å². The Hall–Kier alpha value is -3.56. The van der Waals surface area contributed by atoms with Crippen molar-refractivity contribution in [3.8, 4) is 11.4 Å². The molecule has 27 heavy (non-hydrogen) atoms. The number of hydrogen-bond acceptors (Lipinski definition) is 6. The Morgan fingerprint density at radius 1 is 1.26 bits per heavy atom. The van der Waals surface area contributed by atoms with Gasteiger partial charge in [-0.25, -0.2) is 4.68 Å². The van der Waals surface area contributed by atoms with Crippen LogP contribution in [0, 0.1) is 6.92 Å². The number of benzene rings is 1. The molecule has 3 aromatic rings. The van der Waals surface area contributed by atoms with Gasteiger partial charge < -0.3 is 11.1 Å². The second kappa shape index (κ2) is 6.98. The van der Waals surface area contributed by atoms with Crippen LogP contribution in [0.3, 0.4) is 0 Å². The fourth-order valence-corrected chi connectivity index (χ4v) is 2.65. The van der Waals surface area contributed by atoms with Gasteiger partial charge in [0.2, 0.25) is 0 Å². The van der Waals surface area contributed by atoms with E-state index in [2.05, 4.69) is 25.9 Å². The molecule has 3 N–H and O–H groups in total. The first kappa shape index (κ1) is 18.2. The van der Waals surface area contributed by atoms with E-state index in [4.69, 9.17) is 5.73 Å². The molecule has 2 amide bonds. The number of rotatable bonds is 5. The van der Waals surface area contributed by atoms with Crippen molar-refractivity contribution in [3.05, 3.63) is 41.2 Å². The molecule has 0 fully saturated rings. The second-order valence-corrected chi connectivity index (χ2v) is 6.37. The number of carbonyl (C=O) groups is 2. The molecule has 0 saturated heterocycles. The molecule has 0 saturated carbocycles. The van der Waals surface area contributed by atoms with Gasteiger partial charge in [-0.2, -0.15) is 5.10 Å². The third-order valence-corrected chi connectivity index (χ3v) is 4.17. The molecule has 0 aliphatic carbocycles. The first-order chi connectivity index (χ1) is 12.8. The first-order valence-corrected chi connectivity index (χ1v) is 8.32. The van der Waals surface area contributed by atoms with Gasteiger partial charge in [-0.3, -0.25) is 14.3 Å². The van der Waals surface area contributed by atoms with E-state index in [0.29, 0.717) is 28.3 Å². The molecule has 10 heteroatoms. The third kappa shape index (κ3) is 3.41. The smallest absolute Gasteiger partial charge is 0.271 e. The average molecular weight is 368 g/mol. The standard InChI is InChI=1S/C17H20N8O2/c1-9(2)25-16(20-22-23-25)11-6-5-7-12(8-11)17(27)19-13-10(3)24(4)21-14(13)15(18)26/h5-9H,1-4H3,(H2,18,26)(H,19,27). The Bertz CT molecular complexity index is 1020. The van der Waals surface area contributed by atoms with Crippen molar-refractivity contribution in [1.82, 2.24) is 30.0 Å². The lowest BCUT2D eigenvalue weighted by atomic mass is 10.1. The van der Waals surface area contributed by atoms with E-state index in [1.807, 2.05) is 19.9 Å². The molecule has 140 valence electrons. The maximum atomic E-state index is 12.7. The third-order valence-electron chi connectivity index (χ3n) is 4.17. The highest BCUT2D eigenvalue weighted by Gasteiger charge is 2.20. The Balaban J connectivity index is 1.93. The molecule has 0 spiro atoms. The SMILES string of the molecule is Cc1c(NC(=O)c2cccc(-c3nnnn3C(C)C)c2)c(C(N)=O)nn1C. The molecule has 2 heterocycles. The minimum absolute atomic E-state index is 0.0169. The molecule has 3 rings (SSSR count). The molecule has 0 aliphatic heterocycles. The number of tetrazole rings is 1. The Morgan fingerprint density at radius 2 is 2.00 bits per heavy atom. The molecule has 2 aromatic heterocycles. The summed E-state index contributed by atoms with van der Waals surface area (Å²) in [5.74, 6) is -0.534. The van der Waals surface area contributed by atoms with Gasteiger partial charge in [-0.05, 0) is 43.3 Å². The largest absolute Gasteiger partial charge is 0.364 e. The van der Waals surface area contributed by atoms with Crippen molar-refractivity contribution in [1.29, 1.82) is 0 Å². The minimum atomic E-state index is -0.709. The van der Waals surface area contributed by atoms with Gasteiger partial charge in [0.05, 0.1) is 17.4 Å². The number of nitrogens with one attached hydrogen (secondary N) is 1. The Morgan fingerprint density at radius 3 is 2.67 bits per heavy atom. The van der Waals surface area contributed by atoms with Crippen molar-refractivity contribution in [2.45, 2.75) is 26.8 Å². The van der Waals surface area contributed by atoms with Gasteiger partial charge in [0.15, 0.2) is 11.5 Å². The summed E-state index contributed by atoms with van der Waals surface area (Å²) < 4.78 is 3.16. The zero-order valence-corrected chi connectivity index (χ0v) is 15.5. The lowest BCUT2D eigenvalue weighted by molar-refractivity contribution is 0.0995. The van der Waals surface area contributed by atoms with Crippen LogP contribution >= 0.6 is 0 Å². The van der Waals surface area contributed by atoms with Gasteiger partial charge in [0.25, 0.3) is 11.8 Å². The number of amides is 2. The normalized spacial score (nSPS) is 11.0. The topological polar surface area (TPSA) is 134 Å². The lowest BCUT2D eigenvalue weighted by Crippen LogP contribution is -2.18. The summed E-state index contributed by atoms with van der Waals surface area (Å²) in [4.78, 5) is 24.3. The average Bonchev–Trinajstić information content (AvgIpc) is 3.22. The monoisotopic (exact) mass is 368 g/mol. The molecular formula is C17H20N8O2. The zero-order valence-electron chi connectivity index (χ0n) is 15.5. The van der Waals surface area contributed by atoms with Crippen molar-refractivity contribution in [2.75, 3.05) is 5.32 Å². The molecule has 0 unspecified atom stereocenters. The number of aryl methyl sites for hydroxylation is 1. The van der Waals surface area contributed by atoms with Crippen LogP contribution in [0.25, 0.3) is 11.4 Å². The Kier molecular flexibility index (Phi) is 4.72. The van der Waals surface area contributed by atoms with Crippen LogP contribution in [0.1, 0.15) is 46.4 Å². The van der Waals surface area contributed by atoms with Crippen LogP contribution in [-0.2, 0) is 7.05 Å². The first-order valence-electron chi connectivity index (χ1n) is 8.32. The minimum Gasteiger partial charge on any atom is -0.364 e. The fourth-order valence-electron chi connectivity index (χ4n) is 2.65. The van der Waals surface area contributed by atoms with Crippen molar-refractivity contribution < 1.29 is 9.59 Å². The fraction of sp³-hybridized carbons (Fsp3) is 0.294. The number of aromatic nitrogens is 6. The summed E-state index contributed by atoms with van der Waals surface area (Å²) in [7, 11) is 1.67. The maximum absolute atomic E-state index is 12.7. The summed E-state index contributed by atoms with van der Waals surface area (Å²) >= 11 is 0. The van der Waals surface area contributed by atoms with Crippen LogP contribution in [0.5, 0.6) is 0 Å². The van der Waals surface area contributed by atoms with Crippen LogP contribution in [-0.4, -0.2) is 41.8 Å². The number of primary amides is 1. The van der Waals surface area contributed by atoms with Gasteiger partial charge in [0.1, 0.15) is 0 Å². The molecule has 0 atom stereocenters. The number of anilines is 1. The van der Waals surface area contributed by atoms with Crippen LogP contribution in [0.2, 0.25) is 0 Å². The van der Waals surface area contributed by atoms with E-state index in [1.165, 1.54) is 4.68 Å². The molecule has 10 nitrogen and oxygen atoms in total. The maximum Gasteiger partial charge on any atom is 0.271 e. The summed E-state index contributed by atoms with van der Waals surface area (Å²) in [6.45, 7) is 5.67. The van der Waals surface area contributed by atoms with E-state index in [-0.39, 0.29) is 17.6 Å². The number of nitrogens with two attached hydrogens (primary N) is 1. The van der Waals surface area contributed by atoms with E-state index in [9.17, 15) is 9.59 Å². The molecule has 0 bridgehead atoms. The van der Waals surface area contributed by atoms with Crippen molar-refractivity contribution in [2.24, 2.45) is 12.8 Å². The van der Waals surface area contributed by atoms with E-state index < -0.39 is 5.91 Å². The van der Waals surface area contributed by atoms with Crippen LogP contribution in [0.4, 0.5) is 5.69 Å². The van der Waals surface area contributed by atoms with Gasteiger partial charge in [-0.15, -0.1) is 5.10 Å². The van der Waals surface area contributed by atoms with Gasteiger partial charge >= 0.3 is 0 Å². The summed E-state index contributed by atoms with van der Waals surface area (Å²) in [6.07, 6.45) is 0. The molecule has 1 aromatic carbocycles. The van der Waals surface area contributed by atoms with E-state index in [1.54, 1.807) is 36.9 Å². The lowest BCUT2D eigenvalue weighted by Gasteiger charge is -2.09. The van der Waals surface area contributed by atoms with Crippen LogP contribution in [0.15, 0.2) is 24.3 Å². The predicted molar refractivity (Wildman–Crippen MR) is 98.1 cm³/mol. The van der Waals surface area contributed by atoms with E-state index >= 15 is 0 Å². The molecule has 0 radical (unpaired) electrons. The van der Waals surface area contributed by atoms with E-state index in [0.717, 1.165) is 0 Å². The summed E-state index contributed by atoms with van der Waals surface area (Å²) in [6, 6.07) is 7.00. The quantitative estimate of drug-likeness (QED) is 0.697. The number of carbonyl (C=O) groups excluding carboxylic acids is 2. The Labute approximate surface area is 155 Å². The van der Waals surface area contributed by atoms with Crippen LogP contribution < -0.4 is 11.1 Å². The van der Waals surface area contributed by atoms with Gasteiger partial charge in [0, 0.05) is 18.2 Å². The van der Waals surface area contributed by atoms with Crippen molar-refractivity contribution in [3.63, 3.8) is 0 Å².